The molecule has 1 aliphatic rings. The summed E-state index contributed by atoms with van der Waals surface area (Å²) in [5.41, 5.74) is 1.88. The smallest absolute Gasteiger partial charge is 0.213 e. The highest BCUT2D eigenvalue weighted by Gasteiger charge is 2.27. The summed E-state index contributed by atoms with van der Waals surface area (Å²) in [5.74, 6) is -0.0267. The predicted molar refractivity (Wildman–Crippen MR) is 126 cm³/mol. The topological polar surface area (TPSA) is 56.8 Å². The van der Waals surface area contributed by atoms with Crippen LogP contribution in [0.15, 0.2) is 48.7 Å². The van der Waals surface area contributed by atoms with E-state index < -0.39 is 10.0 Å². The number of nitrogens with zero attached hydrogens (tertiary/aromatic N) is 4. The first-order chi connectivity index (χ1) is 15.4. The standard InChI is InChI=1S/C24H35FN4O2S/c1-27(2)32(30,31)19-9-4-3-8-14-28-15-17-29(18-16-28)24(21-10-6-5-7-11-21)23-20-22(25)12-13-26-23/h5-7,10-13,20,24H,3-4,8-9,14-19H2,1-2H3. The van der Waals surface area contributed by atoms with E-state index in [1.807, 2.05) is 18.2 Å². The molecule has 3 rings (SSSR count). The van der Waals surface area contributed by atoms with Gasteiger partial charge in [-0.25, -0.2) is 17.1 Å². The van der Waals surface area contributed by atoms with Gasteiger partial charge in [-0.3, -0.25) is 9.88 Å². The fourth-order valence-corrected chi connectivity index (χ4v) is 5.11. The molecule has 2 aromatic rings. The van der Waals surface area contributed by atoms with Crippen molar-refractivity contribution in [1.82, 2.24) is 19.1 Å². The van der Waals surface area contributed by atoms with Gasteiger partial charge in [-0.1, -0.05) is 43.2 Å². The Kier molecular flexibility index (Phi) is 9.16. The van der Waals surface area contributed by atoms with Crippen LogP contribution in [0.3, 0.4) is 0 Å². The summed E-state index contributed by atoms with van der Waals surface area (Å²) in [5, 5.41) is 0. The van der Waals surface area contributed by atoms with E-state index in [1.54, 1.807) is 26.4 Å². The Bertz CT molecular complexity index is 932. The van der Waals surface area contributed by atoms with Crippen LogP contribution >= 0.6 is 0 Å². The quantitative estimate of drug-likeness (QED) is 0.479. The molecule has 1 unspecified atom stereocenters. The first-order valence-corrected chi connectivity index (χ1v) is 13.0. The summed E-state index contributed by atoms with van der Waals surface area (Å²) in [4.78, 5) is 9.33. The Labute approximate surface area is 192 Å². The highest BCUT2D eigenvalue weighted by atomic mass is 32.2. The molecule has 1 aliphatic heterocycles. The van der Waals surface area contributed by atoms with Gasteiger partial charge in [-0.15, -0.1) is 0 Å². The van der Waals surface area contributed by atoms with Crippen molar-refractivity contribution < 1.29 is 12.8 Å². The minimum atomic E-state index is -3.08. The van der Waals surface area contributed by atoms with E-state index >= 15 is 0 Å². The van der Waals surface area contributed by atoms with Gasteiger partial charge >= 0.3 is 0 Å². The Hall–Kier alpha value is -1.87. The molecule has 0 amide bonds. The van der Waals surface area contributed by atoms with E-state index in [-0.39, 0.29) is 17.6 Å². The van der Waals surface area contributed by atoms with E-state index in [1.165, 1.54) is 10.4 Å². The summed E-state index contributed by atoms with van der Waals surface area (Å²) in [7, 11) is 0.0900. The Morgan fingerprint density at radius 2 is 1.69 bits per heavy atom. The van der Waals surface area contributed by atoms with E-state index in [4.69, 9.17) is 0 Å². The van der Waals surface area contributed by atoms with Gasteiger partial charge in [0.05, 0.1) is 17.5 Å². The number of rotatable bonds is 11. The lowest BCUT2D eigenvalue weighted by Gasteiger charge is -2.39. The van der Waals surface area contributed by atoms with Crippen LogP contribution in [0.25, 0.3) is 0 Å². The molecule has 1 saturated heterocycles. The molecule has 32 heavy (non-hydrogen) atoms. The van der Waals surface area contributed by atoms with Crippen LogP contribution in [0.2, 0.25) is 0 Å². The second-order valence-electron chi connectivity index (χ2n) is 8.60. The van der Waals surface area contributed by atoms with E-state index in [0.29, 0.717) is 6.42 Å². The van der Waals surface area contributed by atoms with Crippen molar-refractivity contribution in [2.75, 3.05) is 52.6 Å². The Morgan fingerprint density at radius 1 is 1.00 bits per heavy atom. The molecule has 0 saturated carbocycles. The number of unbranched alkanes of at least 4 members (excludes halogenated alkanes) is 3. The van der Waals surface area contributed by atoms with Gasteiger partial charge in [0.2, 0.25) is 10.0 Å². The monoisotopic (exact) mass is 462 g/mol. The second-order valence-corrected chi connectivity index (χ2v) is 10.9. The summed E-state index contributed by atoms with van der Waals surface area (Å²) >= 11 is 0. The third kappa shape index (κ3) is 7.07. The Morgan fingerprint density at radius 3 is 2.34 bits per heavy atom. The maximum absolute atomic E-state index is 13.9. The van der Waals surface area contributed by atoms with Crippen molar-refractivity contribution in [2.45, 2.75) is 31.7 Å². The minimum Gasteiger partial charge on any atom is -0.301 e. The molecule has 0 bridgehead atoms. The van der Waals surface area contributed by atoms with Crippen LogP contribution in [-0.4, -0.2) is 80.1 Å². The molecule has 1 aromatic carbocycles. The third-order valence-electron chi connectivity index (χ3n) is 6.09. The second kappa shape index (κ2) is 11.8. The lowest BCUT2D eigenvalue weighted by molar-refractivity contribution is 0.106. The highest BCUT2D eigenvalue weighted by molar-refractivity contribution is 7.89. The number of pyridine rings is 1. The van der Waals surface area contributed by atoms with E-state index in [9.17, 15) is 12.8 Å². The minimum absolute atomic E-state index is 0.0484. The van der Waals surface area contributed by atoms with Gasteiger partial charge in [0.1, 0.15) is 5.82 Å². The zero-order valence-electron chi connectivity index (χ0n) is 19.2. The zero-order valence-corrected chi connectivity index (χ0v) is 20.0. The molecule has 1 fully saturated rings. The van der Waals surface area contributed by atoms with E-state index in [2.05, 4.69) is 26.9 Å². The third-order valence-corrected chi connectivity index (χ3v) is 8.01. The van der Waals surface area contributed by atoms with E-state index in [0.717, 1.165) is 63.2 Å². The molecule has 1 aromatic heterocycles. The van der Waals surface area contributed by atoms with Gasteiger partial charge in [-0.05, 0) is 37.1 Å². The largest absolute Gasteiger partial charge is 0.301 e. The molecule has 6 nitrogen and oxygen atoms in total. The van der Waals surface area contributed by atoms with Gasteiger partial charge in [0.25, 0.3) is 0 Å². The maximum atomic E-state index is 13.9. The molecule has 176 valence electrons. The average Bonchev–Trinajstić information content (AvgIpc) is 2.78. The van der Waals surface area contributed by atoms with Crippen LogP contribution in [0.1, 0.15) is 43.0 Å². The van der Waals surface area contributed by atoms with Crippen molar-refractivity contribution in [3.63, 3.8) is 0 Å². The SMILES string of the molecule is CN(C)S(=O)(=O)CCCCCCN1CCN(C(c2ccccc2)c2cc(F)ccn2)CC1. The molecule has 8 heteroatoms. The van der Waals surface area contributed by atoms with Crippen molar-refractivity contribution in [1.29, 1.82) is 0 Å². The van der Waals surface area contributed by atoms with Gasteiger partial charge in [0.15, 0.2) is 0 Å². The Balaban J connectivity index is 1.47. The van der Waals surface area contributed by atoms with Crippen LogP contribution in [0.5, 0.6) is 0 Å². The molecule has 0 aliphatic carbocycles. The van der Waals surface area contributed by atoms with Gasteiger partial charge in [-0.2, -0.15) is 0 Å². The number of piperazine rings is 1. The predicted octanol–water partition coefficient (Wildman–Crippen LogP) is 3.38. The fraction of sp³-hybridized carbons (Fsp3) is 0.542. The summed E-state index contributed by atoms with van der Waals surface area (Å²) in [6.45, 7) is 4.77. The van der Waals surface area contributed by atoms with Crippen molar-refractivity contribution in [2.24, 2.45) is 0 Å². The number of aromatic nitrogens is 1. The summed E-state index contributed by atoms with van der Waals surface area (Å²) in [6, 6.07) is 13.1. The molecule has 0 spiro atoms. The lowest BCUT2D eigenvalue weighted by atomic mass is 10.00. The molecular weight excluding hydrogens is 427 g/mol. The normalized spacial score (nSPS) is 17.0. The van der Waals surface area contributed by atoms with Crippen molar-refractivity contribution >= 4 is 10.0 Å². The highest BCUT2D eigenvalue weighted by Crippen LogP contribution is 2.28. The van der Waals surface area contributed by atoms with Crippen LogP contribution < -0.4 is 0 Å². The summed E-state index contributed by atoms with van der Waals surface area (Å²) in [6.07, 6.45) is 5.32. The molecule has 1 atom stereocenters. The van der Waals surface area contributed by atoms with Gasteiger partial charge in [0, 0.05) is 46.5 Å². The van der Waals surface area contributed by atoms with Crippen LogP contribution in [0.4, 0.5) is 4.39 Å². The number of hydrogen-bond donors (Lipinski definition) is 0. The molecular formula is C24H35FN4O2S. The van der Waals surface area contributed by atoms with Gasteiger partial charge < -0.3 is 4.90 Å². The number of halogens is 1. The summed E-state index contributed by atoms with van der Waals surface area (Å²) < 4.78 is 38.8. The first-order valence-electron chi connectivity index (χ1n) is 11.4. The van der Waals surface area contributed by atoms with Crippen molar-refractivity contribution in [3.8, 4) is 0 Å². The zero-order chi connectivity index (χ0) is 23.0. The van der Waals surface area contributed by atoms with Crippen LogP contribution in [-0.2, 0) is 10.0 Å². The first kappa shape index (κ1) is 24.8. The molecule has 0 radical (unpaired) electrons. The van der Waals surface area contributed by atoms with Crippen molar-refractivity contribution in [3.05, 3.63) is 65.7 Å². The number of hydrogen-bond acceptors (Lipinski definition) is 5. The number of benzene rings is 1. The van der Waals surface area contributed by atoms with Crippen LogP contribution in [0, 0.1) is 5.82 Å². The lowest BCUT2D eigenvalue weighted by Crippen LogP contribution is -2.48. The maximum Gasteiger partial charge on any atom is 0.213 e. The molecule has 0 N–H and O–H groups in total. The average molecular weight is 463 g/mol. The number of sulfonamides is 1. The molecule has 2 heterocycles. The fourth-order valence-electron chi connectivity index (χ4n) is 4.18.